The third-order valence-electron chi connectivity index (χ3n) is 10.6. The van der Waals surface area contributed by atoms with Gasteiger partial charge in [0.05, 0.1) is 23.9 Å². The van der Waals surface area contributed by atoms with Gasteiger partial charge in [-0.3, -0.25) is 4.79 Å². The highest BCUT2D eigenvalue weighted by molar-refractivity contribution is 5.66. The largest absolute Gasteiger partial charge is 0.481 e. The van der Waals surface area contributed by atoms with Crippen molar-refractivity contribution < 1.29 is 30.3 Å². The lowest BCUT2D eigenvalue weighted by Gasteiger charge is -2.64. The molecule has 0 heterocycles. The summed E-state index contributed by atoms with van der Waals surface area (Å²) in [5.74, 6) is -0.592. The molecular formula is C24H40O6. The van der Waals surface area contributed by atoms with Crippen LogP contribution in [-0.4, -0.2) is 55.4 Å². The fourth-order valence-corrected chi connectivity index (χ4v) is 8.62. The van der Waals surface area contributed by atoms with E-state index in [0.29, 0.717) is 25.7 Å². The average Bonchev–Trinajstić information content (AvgIpc) is 2.96. The zero-order valence-electron chi connectivity index (χ0n) is 18.6. The molecule has 6 heteroatoms. The Labute approximate surface area is 179 Å². The predicted octanol–water partition coefficient (Wildman–Crippen LogP) is 2.56. The van der Waals surface area contributed by atoms with Gasteiger partial charge < -0.3 is 25.5 Å². The van der Waals surface area contributed by atoms with Crippen LogP contribution >= 0.6 is 0 Å². The van der Waals surface area contributed by atoms with Crippen LogP contribution in [0, 0.1) is 40.4 Å². The van der Waals surface area contributed by atoms with Crippen LogP contribution in [0.4, 0.5) is 0 Å². The zero-order valence-corrected chi connectivity index (χ0v) is 18.6. The maximum absolute atomic E-state index is 11.8. The summed E-state index contributed by atoms with van der Waals surface area (Å²) in [6, 6.07) is 0. The molecule has 6 nitrogen and oxygen atoms in total. The molecule has 30 heavy (non-hydrogen) atoms. The lowest BCUT2D eigenvalue weighted by atomic mass is 9.42. The minimum Gasteiger partial charge on any atom is -0.481 e. The van der Waals surface area contributed by atoms with E-state index in [2.05, 4.69) is 6.92 Å². The van der Waals surface area contributed by atoms with Gasteiger partial charge in [0.2, 0.25) is 0 Å². The molecule has 0 radical (unpaired) electrons. The van der Waals surface area contributed by atoms with Gasteiger partial charge in [0.1, 0.15) is 0 Å². The smallest absolute Gasteiger partial charge is 0.303 e. The van der Waals surface area contributed by atoms with Crippen molar-refractivity contribution in [2.24, 2.45) is 40.4 Å². The Morgan fingerprint density at radius 3 is 2.40 bits per heavy atom. The van der Waals surface area contributed by atoms with E-state index >= 15 is 0 Å². The van der Waals surface area contributed by atoms with Gasteiger partial charge in [-0.15, -0.1) is 0 Å². The van der Waals surface area contributed by atoms with Gasteiger partial charge in [-0.25, -0.2) is 0 Å². The molecule has 4 saturated carbocycles. The number of aliphatic hydroxyl groups is 4. The highest BCUT2D eigenvalue weighted by atomic mass is 16.4. The van der Waals surface area contributed by atoms with Crippen molar-refractivity contribution in [3.05, 3.63) is 0 Å². The number of carboxylic acid groups (broad SMARTS) is 1. The Balaban J connectivity index is 1.65. The number of hydrogen-bond donors (Lipinski definition) is 5. The first-order chi connectivity index (χ1) is 13.9. The van der Waals surface area contributed by atoms with Crippen LogP contribution in [0.1, 0.15) is 78.6 Å². The molecule has 4 aliphatic carbocycles. The molecule has 5 N–H and O–H groups in total. The van der Waals surface area contributed by atoms with E-state index in [4.69, 9.17) is 5.11 Å². The van der Waals surface area contributed by atoms with Crippen LogP contribution in [0.3, 0.4) is 0 Å². The number of aliphatic hydroxyl groups excluding tert-OH is 3. The van der Waals surface area contributed by atoms with Gasteiger partial charge in [-0.05, 0) is 86.4 Å². The molecule has 0 unspecified atom stereocenters. The summed E-state index contributed by atoms with van der Waals surface area (Å²) in [5.41, 5.74) is -1.87. The molecular weight excluding hydrogens is 384 g/mol. The van der Waals surface area contributed by atoms with Gasteiger partial charge >= 0.3 is 5.97 Å². The van der Waals surface area contributed by atoms with E-state index in [1.165, 1.54) is 0 Å². The summed E-state index contributed by atoms with van der Waals surface area (Å²) in [7, 11) is 0. The topological polar surface area (TPSA) is 118 Å². The quantitative estimate of drug-likeness (QED) is 0.473. The number of fused-ring (bicyclic) bond motifs is 5. The van der Waals surface area contributed by atoms with Crippen molar-refractivity contribution >= 4 is 5.97 Å². The van der Waals surface area contributed by atoms with Crippen LogP contribution < -0.4 is 0 Å². The Morgan fingerprint density at radius 2 is 1.73 bits per heavy atom. The van der Waals surface area contributed by atoms with Crippen molar-refractivity contribution in [3.8, 4) is 0 Å². The van der Waals surface area contributed by atoms with E-state index < -0.39 is 29.2 Å². The maximum Gasteiger partial charge on any atom is 0.303 e. The third-order valence-corrected chi connectivity index (χ3v) is 10.6. The minimum absolute atomic E-state index is 0.00106. The first-order valence-corrected chi connectivity index (χ1v) is 11.9. The third kappa shape index (κ3) is 3.01. The first kappa shape index (κ1) is 22.5. The highest BCUT2D eigenvalue weighted by Gasteiger charge is 2.70. The second-order valence-electron chi connectivity index (χ2n) is 11.6. The van der Waals surface area contributed by atoms with Crippen LogP contribution in [0.25, 0.3) is 0 Å². The molecule has 0 aromatic rings. The summed E-state index contributed by atoms with van der Waals surface area (Å²) in [6.07, 6.45) is 3.90. The lowest BCUT2D eigenvalue weighted by molar-refractivity contribution is -0.239. The number of carboxylic acids is 1. The van der Waals surface area contributed by atoms with Gasteiger partial charge in [0.25, 0.3) is 0 Å². The van der Waals surface area contributed by atoms with Crippen LogP contribution in [0.15, 0.2) is 0 Å². The van der Waals surface area contributed by atoms with Gasteiger partial charge in [-0.2, -0.15) is 0 Å². The van der Waals surface area contributed by atoms with Crippen molar-refractivity contribution in [1.82, 2.24) is 0 Å². The SMILES string of the molecule is C[C@H](CCC(=O)O)[C@@]1(O)CC[C@H]2[C@@H]3[C@H](O)C[C@@H]4C[C@H](O)CC[C@]4(C)[C@H]3C[C@H](O)[C@@]21C. The fourth-order valence-electron chi connectivity index (χ4n) is 8.62. The fraction of sp³-hybridized carbons (Fsp3) is 0.958. The first-order valence-electron chi connectivity index (χ1n) is 11.9. The summed E-state index contributed by atoms with van der Waals surface area (Å²) in [5, 5.41) is 53.9. The standard InChI is InChI=1S/C24H40O6/c1-13(4-5-20(28)29)24(30)9-7-16-21-17(12-19(27)23(16,24)3)22(2)8-6-15(25)10-14(22)11-18(21)26/h13-19,21,25-27,30H,4-12H2,1-3H3,(H,28,29)/t13-,14+,15-,16+,17+,18-,19+,21+,22+,23-,24+/m1/s1. The van der Waals surface area contributed by atoms with Crippen LogP contribution in [0.2, 0.25) is 0 Å². The molecule has 0 aromatic heterocycles. The molecule has 172 valence electrons. The van der Waals surface area contributed by atoms with Crippen molar-refractivity contribution in [2.75, 3.05) is 0 Å². The number of rotatable bonds is 4. The Hall–Kier alpha value is -0.690. The van der Waals surface area contributed by atoms with E-state index in [-0.39, 0.29) is 47.5 Å². The van der Waals surface area contributed by atoms with E-state index in [0.717, 1.165) is 25.7 Å². The zero-order chi connectivity index (χ0) is 22.1. The average molecular weight is 425 g/mol. The summed E-state index contributed by atoms with van der Waals surface area (Å²) in [6.45, 7) is 6.18. The molecule has 11 atom stereocenters. The van der Waals surface area contributed by atoms with Crippen molar-refractivity contribution in [3.63, 3.8) is 0 Å². The van der Waals surface area contributed by atoms with E-state index in [1.54, 1.807) is 0 Å². The number of hydrogen-bond acceptors (Lipinski definition) is 5. The second kappa shape index (κ2) is 7.43. The highest BCUT2D eigenvalue weighted by Crippen LogP contribution is 2.69. The minimum atomic E-state index is -1.13. The maximum atomic E-state index is 11.8. The molecule has 0 bridgehead atoms. The lowest BCUT2D eigenvalue weighted by Crippen LogP contribution is -2.66. The molecule has 0 aromatic carbocycles. The van der Waals surface area contributed by atoms with Gasteiger partial charge in [0.15, 0.2) is 0 Å². The van der Waals surface area contributed by atoms with E-state index in [9.17, 15) is 25.2 Å². The Morgan fingerprint density at radius 1 is 1.03 bits per heavy atom. The van der Waals surface area contributed by atoms with Gasteiger partial charge in [-0.1, -0.05) is 20.8 Å². The molecule has 4 aliphatic rings. The normalized spacial score (nSPS) is 54.0. The van der Waals surface area contributed by atoms with Crippen LogP contribution in [0.5, 0.6) is 0 Å². The van der Waals surface area contributed by atoms with Crippen molar-refractivity contribution in [1.29, 1.82) is 0 Å². The summed E-state index contributed by atoms with van der Waals surface area (Å²) in [4.78, 5) is 11.1. The molecule has 4 rings (SSSR count). The number of aliphatic carboxylic acids is 1. The monoisotopic (exact) mass is 424 g/mol. The molecule has 4 fully saturated rings. The van der Waals surface area contributed by atoms with Gasteiger partial charge in [0, 0.05) is 11.8 Å². The summed E-state index contributed by atoms with van der Waals surface area (Å²) < 4.78 is 0. The molecule has 0 amide bonds. The van der Waals surface area contributed by atoms with Crippen LogP contribution in [-0.2, 0) is 4.79 Å². The molecule has 0 saturated heterocycles. The van der Waals surface area contributed by atoms with E-state index in [1.807, 2.05) is 13.8 Å². The Kier molecular flexibility index (Phi) is 5.57. The Bertz CT molecular complexity index is 683. The molecule has 0 aliphatic heterocycles. The molecule has 0 spiro atoms. The van der Waals surface area contributed by atoms with Crippen molar-refractivity contribution in [2.45, 2.75) is 102 Å². The summed E-state index contributed by atoms with van der Waals surface area (Å²) >= 11 is 0. The number of carbonyl (C=O) groups is 1. The predicted molar refractivity (Wildman–Crippen MR) is 111 cm³/mol. The second-order valence-corrected chi connectivity index (χ2v) is 11.6.